The molecule has 0 unspecified atom stereocenters. The number of carbonyl (C=O) groups excluding carboxylic acids is 1. The lowest BCUT2D eigenvalue weighted by atomic mass is 9.85. The van der Waals surface area contributed by atoms with Gasteiger partial charge in [-0.25, -0.2) is 15.2 Å². The standard InChI is InChI=1S/C22H28N2O2/c1-4-19(16(2)3)23-24-20(15-26-22(24)25)21(17-11-7-5-8-12-17)18-13-9-6-10-14-18/h5-14,16,19-21,23H,4,15H2,1-3H3/t19-,20+/m0/s1. The lowest BCUT2D eigenvalue weighted by molar-refractivity contribution is 0.118. The average molecular weight is 352 g/mol. The largest absolute Gasteiger partial charge is 0.446 e. The lowest BCUT2D eigenvalue weighted by Gasteiger charge is -2.34. The minimum absolute atomic E-state index is 0.0565. The molecule has 0 saturated carbocycles. The molecule has 0 aromatic heterocycles. The third-order valence-electron chi connectivity index (χ3n) is 5.16. The summed E-state index contributed by atoms with van der Waals surface area (Å²) >= 11 is 0. The van der Waals surface area contributed by atoms with Crippen LogP contribution in [0.15, 0.2) is 60.7 Å². The van der Waals surface area contributed by atoms with Crippen LogP contribution in [0, 0.1) is 5.92 Å². The third kappa shape index (κ3) is 3.91. The zero-order chi connectivity index (χ0) is 18.5. The van der Waals surface area contributed by atoms with Gasteiger partial charge in [0.25, 0.3) is 0 Å². The van der Waals surface area contributed by atoms with Gasteiger partial charge < -0.3 is 4.74 Å². The first-order chi connectivity index (χ1) is 12.6. The molecule has 1 fully saturated rings. The number of nitrogens with zero attached hydrogens (tertiary/aromatic N) is 1. The highest BCUT2D eigenvalue weighted by molar-refractivity contribution is 5.70. The summed E-state index contributed by atoms with van der Waals surface area (Å²) in [5.41, 5.74) is 5.82. The number of amides is 1. The van der Waals surface area contributed by atoms with Crippen LogP contribution in [0.25, 0.3) is 0 Å². The Bertz CT molecular complexity index is 663. The number of ether oxygens (including phenoxy) is 1. The van der Waals surface area contributed by atoms with E-state index in [1.807, 2.05) is 36.4 Å². The van der Waals surface area contributed by atoms with Gasteiger partial charge in [0.05, 0.1) is 6.04 Å². The number of nitrogens with one attached hydrogen (secondary N) is 1. The molecule has 4 nitrogen and oxygen atoms in total. The highest BCUT2D eigenvalue weighted by Crippen LogP contribution is 2.33. The Morgan fingerprint density at radius 3 is 2.04 bits per heavy atom. The summed E-state index contributed by atoms with van der Waals surface area (Å²) in [7, 11) is 0. The number of hydrazine groups is 1. The van der Waals surface area contributed by atoms with Crippen LogP contribution in [-0.4, -0.2) is 29.8 Å². The van der Waals surface area contributed by atoms with Gasteiger partial charge in [-0.1, -0.05) is 81.4 Å². The second-order valence-electron chi connectivity index (χ2n) is 7.20. The van der Waals surface area contributed by atoms with E-state index in [0.717, 1.165) is 6.42 Å². The molecular formula is C22H28N2O2. The topological polar surface area (TPSA) is 41.6 Å². The molecule has 2 aromatic rings. The maximum absolute atomic E-state index is 12.5. The molecule has 0 radical (unpaired) electrons. The van der Waals surface area contributed by atoms with Crippen molar-refractivity contribution in [2.75, 3.05) is 6.61 Å². The molecular weight excluding hydrogens is 324 g/mol. The summed E-state index contributed by atoms with van der Waals surface area (Å²) in [6.07, 6.45) is 0.668. The normalized spacial score (nSPS) is 18.4. The second kappa shape index (κ2) is 8.37. The smallest absolute Gasteiger partial charge is 0.424 e. The van der Waals surface area contributed by atoms with E-state index in [0.29, 0.717) is 12.5 Å². The number of hydrogen-bond acceptors (Lipinski definition) is 3. The van der Waals surface area contributed by atoms with Crippen LogP contribution in [0.2, 0.25) is 0 Å². The molecule has 1 amide bonds. The summed E-state index contributed by atoms with van der Waals surface area (Å²) in [6.45, 7) is 6.86. The van der Waals surface area contributed by atoms with Gasteiger partial charge in [-0.05, 0) is 23.5 Å². The van der Waals surface area contributed by atoms with Crippen LogP contribution in [0.1, 0.15) is 44.2 Å². The van der Waals surface area contributed by atoms with Gasteiger partial charge in [-0.15, -0.1) is 0 Å². The molecule has 1 aliphatic rings. The number of cyclic esters (lactones) is 1. The van der Waals surface area contributed by atoms with Crippen LogP contribution in [0.5, 0.6) is 0 Å². The van der Waals surface area contributed by atoms with E-state index in [1.54, 1.807) is 5.01 Å². The number of carbonyl (C=O) groups is 1. The van der Waals surface area contributed by atoms with E-state index in [-0.39, 0.29) is 24.1 Å². The van der Waals surface area contributed by atoms with Crippen LogP contribution >= 0.6 is 0 Å². The fourth-order valence-corrected chi connectivity index (χ4v) is 3.68. The molecule has 0 aliphatic carbocycles. The van der Waals surface area contributed by atoms with Gasteiger partial charge in [0, 0.05) is 12.0 Å². The molecule has 1 saturated heterocycles. The molecule has 2 aromatic carbocycles. The summed E-state index contributed by atoms with van der Waals surface area (Å²) in [5, 5.41) is 1.72. The first-order valence-corrected chi connectivity index (χ1v) is 9.43. The summed E-state index contributed by atoms with van der Waals surface area (Å²) < 4.78 is 5.45. The van der Waals surface area contributed by atoms with Gasteiger partial charge in [-0.3, -0.25) is 0 Å². The van der Waals surface area contributed by atoms with Crippen molar-refractivity contribution in [3.05, 3.63) is 71.8 Å². The van der Waals surface area contributed by atoms with E-state index in [2.05, 4.69) is 50.5 Å². The van der Waals surface area contributed by atoms with Crippen molar-refractivity contribution >= 4 is 6.09 Å². The van der Waals surface area contributed by atoms with Crippen molar-refractivity contribution in [1.82, 2.24) is 10.4 Å². The SMILES string of the molecule is CC[C@H](NN1C(=O)OC[C@@H]1C(c1ccccc1)c1ccccc1)C(C)C. The monoisotopic (exact) mass is 352 g/mol. The fourth-order valence-electron chi connectivity index (χ4n) is 3.68. The van der Waals surface area contributed by atoms with Crippen molar-refractivity contribution in [2.24, 2.45) is 5.92 Å². The first kappa shape index (κ1) is 18.5. The Morgan fingerprint density at radius 1 is 1.04 bits per heavy atom. The van der Waals surface area contributed by atoms with Crippen molar-refractivity contribution in [2.45, 2.75) is 45.2 Å². The predicted molar refractivity (Wildman–Crippen MR) is 104 cm³/mol. The fraction of sp³-hybridized carbons (Fsp3) is 0.409. The molecule has 1 heterocycles. The average Bonchev–Trinajstić information content (AvgIpc) is 3.01. The van der Waals surface area contributed by atoms with E-state index in [4.69, 9.17) is 4.74 Å². The van der Waals surface area contributed by atoms with Crippen LogP contribution in [-0.2, 0) is 4.74 Å². The Morgan fingerprint density at radius 2 is 1.58 bits per heavy atom. The number of rotatable bonds is 7. The zero-order valence-electron chi connectivity index (χ0n) is 15.8. The van der Waals surface area contributed by atoms with Crippen molar-refractivity contribution in [3.63, 3.8) is 0 Å². The van der Waals surface area contributed by atoms with Crippen LogP contribution < -0.4 is 5.43 Å². The first-order valence-electron chi connectivity index (χ1n) is 9.43. The maximum Gasteiger partial charge on any atom is 0.424 e. The third-order valence-corrected chi connectivity index (χ3v) is 5.16. The van der Waals surface area contributed by atoms with Gasteiger partial charge in [0.1, 0.15) is 6.61 Å². The van der Waals surface area contributed by atoms with E-state index >= 15 is 0 Å². The molecule has 26 heavy (non-hydrogen) atoms. The Labute approximate surface area is 156 Å². The van der Waals surface area contributed by atoms with Gasteiger partial charge >= 0.3 is 6.09 Å². The van der Waals surface area contributed by atoms with Crippen molar-refractivity contribution in [3.8, 4) is 0 Å². The van der Waals surface area contributed by atoms with Crippen molar-refractivity contribution < 1.29 is 9.53 Å². The zero-order valence-corrected chi connectivity index (χ0v) is 15.8. The highest BCUT2D eigenvalue weighted by Gasteiger charge is 2.41. The van der Waals surface area contributed by atoms with Crippen molar-refractivity contribution in [1.29, 1.82) is 0 Å². The Balaban J connectivity index is 1.96. The maximum atomic E-state index is 12.5. The van der Waals surface area contributed by atoms with Crippen LogP contribution in [0.4, 0.5) is 4.79 Å². The quantitative estimate of drug-likeness (QED) is 0.793. The summed E-state index contributed by atoms with van der Waals surface area (Å²) in [5.74, 6) is 0.488. The summed E-state index contributed by atoms with van der Waals surface area (Å²) in [4.78, 5) is 12.5. The predicted octanol–water partition coefficient (Wildman–Crippen LogP) is 4.58. The summed E-state index contributed by atoms with van der Waals surface area (Å²) in [6, 6.07) is 20.9. The second-order valence-corrected chi connectivity index (χ2v) is 7.20. The Hall–Kier alpha value is -2.33. The Kier molecular flexibility index (Phi) is 5.94. The highest BCUT2D eigenvalue weighted by atomic mass is 16.6. The minimum Gasteiger partial charge on any atom is -0.446 e. The molecule has 0 spiro atoms. The molecule has 1 N–H and O–H groups in total. The minimum atomic E-state index is -0.286. The number of hydrogen-bond donors (Lipinski definition) is 1. The molecule has 138 valence electrons. The van der Waals surface area contributed by atoms with E-state index in [9.17, 15) is 4.79 Å². The molecule has 2 atom stereocenters. The van der Waals surface area contributed by atoms with Gasteiger partial charge in [0.2, 0.25) is 0 Å². The molecule has 3 rings (SSSR count). The lowest BCUT2D eigenvalue weighted by Crippen LogP contribution is -2.53. The molecule has 4 heteroatoms. The molecule has 0 bridgehead atoms. The van der Waals surface area contributed by atoms with Gasteiger partial charge in [-0.2, -0.15) is 0 Å². The van der Waals surface area contributed by atoms with E-state index < -0.39 is 0 Å². The van der Waals surface area contributed by atoms with E-state index in [1.165, 1.54) is 11.1 Å². The van der Waals surface area contributed by atoms with Crippen LogP contribution in [0.3, 0.4) is 0 Å². The number of benzene rings is 2. The van der Waals surface area contributed by atoms with Gasteiger partial charge in [0.15, 0.2) is 0 Å². The molecule has 1 aliphatic heterocycles.